The van der Waals surface area contributed by atoms with Crippen molar-refractivity contribution in [1.29, 1.82) is 5.26 Å². The Bertz CT molecular complexity index is 1280. The summed E-state index contributed by atoms with van der Waals surface area (Å²) in [6.45, 7) is 0.183. The van der Waals surface area contributed by atoms with Crippen LogP contribution in [0.25, 0.3) is 6.08 Å². The maximum absolute atomic E-state index is 12.6. The summed E-state index contributed by atoms with van der Waals surface area (Å²) in [7, 11) is 5.33. The van der Waals surface area contributed by atoms with Crippen LogP contribution in [0.4, 0.5) is 17.1 Å². The van der Waals surface area contributed by atoms with Crippen LogP contribution >= 0.6 is 0 Å². The lowest BCUT2D eigenvalue weighted by Crippen LogP contribution is -2.14. The Kier molecular flexibility index (Phi) is 8.03. The molecule has 1 N–H and O–H groups in total. The Hall–Kier alpha value is -4.84. The van der Waals surface area contributed by atoms with Crippen LogP contribution in [-0.2, 0) is 11.4 Å². The highest BCUT2D eigenvalue weighted by Crippen LogP contribution is 2.30. The van der Waals surface area contributed by atoms with Gasteiger partial charge < -0.3 is 19.7 Å². The summed E-state index contributed by atoms with van der Waals surface area (Å²) in [6.07, 6.45) is 1.46. The molecule has 9 heteroatoms. The smallest absolute Gasteiger partial charge is 0.269 e. The molecule has 0 fully saturated rings. The molecule has 0 aliphatic heterocycles. The number of carbonyl (C=O) groups excluding carboxylic acids is 1. The van der Waals surface area contributed by atoms with Crippen molar-refractivity contribution in [3.05, 3.63) is 93.5 Å². The number of non-ortho nitro benzene ring substituents is 1. The van der Waals surface area contributed by atoms with Crippen LogP contribution < -0.4 is 19.7 Å². The van der Waals surface area contributed by atoms with Crippen LogP contribution in [0.1, 0.15) is 11.1 Å². The average molecular weight is 473 g/mol. The number of nitrogens with one attached hydrogen (secondary N) is 1. The molecule has 0 aliphatic carbocycles. The van der Waals surface area contributed by atoms with Gasteiger partial charge in [0.05, 0.1) is 12.0 Å². The summed E-state index contributed by atoms with van der Waals surface area (Å²) in [4.78, 5) is 24.9. The number of hydrogen-bond donors (Lipinski definition) is 1. The zero-order valence-electron chi connectivity index (χ0n) is 19.5. The molecule has 0 heterocycles. The number of nitriles is 1. The molecule has 3 aromatic carbocycles. The fourth-order valence-electron chi connectivity index (χ4n) is 3.12. The van der Waals surface area contributed by atoms with E-state index < -0.39 is 10.8 Å². The maximum atomic E-state index is 12.6. The maximum Gasteiger partial charge on any atom is 0.269 e. The molecule has 0 bridgehead atoms. The second-order valence-electron chi connectivity index (χ2n) is 7.69. The molecule has 178 valence electrons. The van der Waals surface area contributed by atoms with Crippen molar-refractivity contribution in [3.8, 4) is 17.6 Å². The quantitative estimate of drug-likeness (QED) is 0.206. The monoisotopic (exact) mass is 472 g/mol. The highest BCUT2D eigenvalue weighted by atomic mass is 16.6. The van der Waals surface area contributed by atoms with Gasteiger partial charge in [-0.2, -0.15) is 5.26 Å². The predicted molar refractivity (Wildman–Crippen MR) is 133 cm³/mol. The number of ether oxygens (including phenoxy) is 2. The van der Waals surface area contributed by atoms with E-state index in [-0.39, 0.29) is 17.9 Å². The summed E-state index contributed by atoms with van der Waals surface area (Å²) >= 11 is 0. The van der Waals surface area contributed by atoms with Crippen molar-refractivity contribution in [2.24, 2.45) is 0 Å². The van der Waals surface area contributed by atoms with Gasteiger partial charge in [-0.05, 0) is 65.7 Å². The zero-order chi connectivity index (χ0) is 25.4. The first kappa shape index (κ1) is 24.8. The topological polar surface area (TPSA) is 118 Å². The minimum Gasteiger partial charge on any atom is -0.493 e. The Labute approximate surface area is 203 Å². The largest absolute Gasteiger partial charge is 0.493 e. The van der Waals surface area contributed by atoms with E-state index in [4.69, 9.17) is 9.47 Å². The molecular weight excluding hydrogens is 448 g/mol. The van der Waals surface area contributed by atoms with Gasteiger partial charge in [-0.1, -0.05) is 6.07 Å². The van der Waals surface area contributed by atoms with E-state index in [0.717, 1.165) is 11.3 Å². The third kappa shape index (κ3) is 6.58. The fourth-order valence-corrected chi connectivity index (χ4v) is 3.12. The van der Waals surface area contributed by atoms with Crippen molar-refractivity contribution in [2.75, 3.05) is 31.4 Å². The lowest BCUT2D eigenvalue weighted by molar-refractivity contribution is -0.384. The first-order valence-corrected chi connectivity index (χ1v) is 10.6. The Morgan fingerprint density at radius 3 is 2.34 bits per heavy atom. The molecule has 0 saturated heterocycles. The van der Waals surface area contributed by atoms with Crippen LogP contribution in [-0.4, -0.2) is 32.0 Å². The van der Waals surface area contributed by atoms with Gasteiger partial charge in [0.15, 0.2) is 11.5 Å². The first-order chi connectivity index (χ1) is 16.8. The summed E-state index contributed by atoms with van der Waals surface area (Å²) < 4.78 is 11.2. The van der Waals surface area contributed by atoms with E-state index in [2.05, 4.69) is 5.32 Å². The molecule has 3 aromatic rings. The van der Waals surface area contributed by atoms with Crippen LogP contribution in [0.15, 0.2) is 72.3 Å². The van der Waals surface area contributed by atoms with Gasteiger partial charge in [0, 0.05) is 37.6 Å². The molecule has 0 unspecified atom stereocenters. The summed E-state index contributed by atoms with van der Waals surface area (Å²) in [5.41, 5.74) is 2.84. The molecule has 35 heavy (non-hydrogen) atoms. The zero-order valence-corrected chi connectivity index (χ0v) is 19.5. The Morgan fingerprint density at radius 1 is 1.09 bits per heavy atom. The number of hydrogen-bond acceptors (Lipinski definition) is 7. The minimum atomic E-state index is -0.525. The normalized spacial score (nSPS) is 10.7. The van der Waals surface area contributed by atoms with Gasteiger partial charge in [-0.3, -0.25) is 14.9 Å². The van der Waals surface area contributed by atoms with Crippen molar-refractivity contribution in [2.45, 2.75) is 6.61 Å². The molecule has 0 atom stereocenters. The van der Waals surface area contributed by atoms with E-state index >= 15 is 0 Å². The van der Waals surface area contributed by atoms with Gasteiger partial charge in [0.25, 0.3) is 11.6 Å². The van der Waals surface area contributed by atoms with Crippen molar-refractivity contribution >= 4 is 29.0 Å². The molecule has 1 amide bonds. The standard InChI is InChI=1S/C26H24N4O5/c1-29(2)22-11-7-21(8-12-22)28-26(31)20(16-27)14-19-6-13-24(25(15-19)34-3)35-17-18-4-9-23(10-5-18)30(32)33/h4-15H,17H2,1-3H3,(H,28,31)/b20-14-. The SMILES string of the molecule is COc1cc(/C=C(/C#N)C(=O)Nc2ccc(N(C)C)cc2)ccc1OCc1ccc([N+](=O)[O-])cc1. The fraction of sp³-hybridized carbons (Fsp3) is 0.154. The van der Waals surface area contributed by atoms with Gasteiger partial charge in [-0.15, -0.1) is 0 Å². The third-order valence-electron chi connectivity index (χ3n) is 5.05. The van der Waals surface area contributed by atoms with Crippen molar-refractivity contribution < 1.29 is 19.2 Å². The average Bonchev–Trinajstić information content (AvgIpc) is 2.86. The second kappa shape index (κ2) is 11.3. The van der Waals surface area contributed by atoms with Gasteiger partial charge in [0.1, 0.15) is 18.2 Å². The molecule has 0 aliphatic rings. The number of nitro benzene ring substituents is 1. The number of carbonyl (C=O) groups is 1. The molecule has 0 aromatic heterocycles. The number of nitrogens with zero attached hydrogens (tertiary/aromatic N) is 3. The van der Waals surface area contributed by atoms with Crippen LogP contribution in [0.3, 0.4) is 0 Å². The molecular formula is C26H24N4O5. The number of amides is 1. The first-order valence-electron chi connectivity index (χ1n) is 10.6. The van der Waals surface area contributed by atoms with Gasteiger partial charge >= 0.3 is 0 Å². The summed E-state index contributed by atoms with van der Waals surface area (Å²) in [5.74, 6) is 0.340. The predicted octanol–water partition coefficient (Wildman–Crippen LogP) is 4.79. The van der Waals surface area contributed by atoms with Gasteiger partial charge in [-0.25, -0.2) is 0 Å². The second-order valence-corrected chi connectivity index (χ2v) is 7.69. The van der Waals surface area contributed by atoms with E-state index in [9.17, 15) is 20.2 Å². The minimum absolute atomic E-state index is 0.00498. The lowest BCUT2D eigenvalue weighted by Gasteiger charge is -2.13. The molecule has 9 nitrogen and oxygen atoms in total. The summed E-state index contributed by atoms with van der Waals surface area (Å²) in [6, 6.07) is 20.3. The third-order valence-corrected chi connectivity index (χ3v) is 5.05. The van der Waals surface area contributed by atoms with Crippen molar-refractivity contribution in [3.63, 3.8) is 0 Å². The molecule has 0 radical (unpaired) electrons. The van der Waals surface area contributed by atoms with Gasteiger partial charge in [0.2, 0.25) is 0 Å². The van der Waals surface area contributed by atoms with E-state index in [1.807, 2.05) is 37.2 Å². The van der Waals surface area contributed by atoms with E-state index in [1.165, 1.54) is 25.3 Å². The number of rotatable bonds is 9. The molecule has 3 rings (SSSR count). The Balaban J connectivity index is 1.71. The van der Waals surface area contributed by atoms with E-state index in [0.29, 0.717) is 22.7 Å². The number of benzene rings is 3. The van der Waals surface area contributed by atoms with Crippen LogP contribution in [0.5, 0.6) is 11.5 Å². The number of methoxy groups -OCH3 is 1. The Morgan fingerprint density at radius 2 is 1.77 bits per heavy atom. The lowest BCUT2D eigenvalue weighted by atomic mass is 10.1. The molecule has 0 spiro atoms. The number of nitro groups is 1. The van der Waals surface area contributed by atoms with Crippen molar-refractivity contribution in [1.82, 2.24) is 0 Å². The highest BCUT2D eigenvalue weighted by Gasteiger charge is 2.12. The number of anilines is 2. The van der Waals surface area contributed by atoms with Crippen LogP contribution in [0.2, 0.25) is 0 Å². The van der Waals surface area contributed by atoms with Crippen LogP contribution in [0, 0.1) is 21.4 Å². The summed E-state index contributed by atoms with van der Waals surface area (Å²) in [5, 5.41) is 23.0. The highest BCUT2D eigenvalue weighted by molar-refractivity contribution is 6.09. The van der Waals surface area contributed by atoms with E-state index in [1.54, 1.807) is 42.5 Å². The molecule has 0 saturated carbocycles.